The van der Waals surface area contributed by atoms with E-state index in [2.05, 4.69) is 34.6 Å². The van der Waals surface area contributed by atoms with Gasteiger partial charge < -0.3 is 15.2 Å². The normalized spacial score (nSPS) is 15.7. The fourth-order valence-corrected chi connectivity index (χ4v) is 3.17. The molecular formula is C20H43NO2. The highest BCUT2D eigenvalue weighted by Crippen LogP contribution is 2.45. The van der Waals surface area contributed by atoms with E-state index in [0.717, 1.165) is 25.8 Å². The molecule has 0 saturated carbocycles. The van der Waals surface area contributed by atoms with E-state index < -0.39 is 5.79 Å². The molecule has 0 amide bonds. The minimum atomic E-state index is -0.541. The number of ether oxygens (including phenoxy) is 2. The van der Waals surface area contributed by atoms with Gasteiger partial charge in [0.15, 0.2) is 5.79 Å². The average Bonchev–Trinajstić information content (AvgIpc) is 2.55. The van der Waals surface area contributed by atoms with Gasteiger partial charge in [0.25, 0.3) is 0 Å². The van der Waals surface area contributed by atoms with Gasteiger partial charge >= 0.3 is 0 Å². The minimum absolute atomic E-state index is 0.00764. The van der Waals surface area contributed by atoms with Gasteiger partial charge in [-0.2, -0.15) is 0 Å². The first-order chi connectivity index (χ1) is 10.7. The maximum Gasteiger partial charge on any atom is 0.170 e. The minimum Gasteiger partial charge on any atom is -0.353 e. The molecule has 140 valence electrons. The van der Waals surface area contributed by atoms with Crippen LogP contribution in [0.15, 0.2) is 0 Å². The van der Waals surface area contributed by atoms with E-state index in [0.29, 0.717) is 0 Å². The summed E-state index contributed by atoms with van der Waals surface area (Å²) in [5, 5.41) is 0. The Morgan fingerprint density at radius 2 is 1.26 bits per heavy atom. The van der Waals surface area contributed by atoms with E-state index in [9.17, 15) is 0 Å². The Labute approximate surface area is 145 Å². The van der Waals surface area contributed by atoms with Gasteiger partial charge in [-0.15, -0.1) is 0 Å². The molecule has 0 aromatic carbocycles. The second-order valence-electron chi connectivity index (χ2n) is 8.30. The van der Waals surface area contributed by atoms with Crippen molar-refractivity contribution >= 4 is 0 Å². The lowest BCUT2D eigenvalue weighted by atomic mass is 9.70. The summed E-state index contributed by atoms with van der Waals surface area (Å²) in [6.45, 7) is 11.9. The third-order valence-electron chi connectivity index (χ3n) is 5.86. The number of hydrogen-bond acceptors (Lipinski definition) is 3. The third kappa shape index (κ3) is 7.53. The highest BCUT2D eigenvalue weighted by atomic mass is 16.7. The van der Waals surface area contributed by atoms with E-state index in [-0.39, 0.29) is 10.8 Å². The summed E-state index contributed by atoms with van der Waals surface area (Å²) < 4.78 is 11.6. The van der Waals surface area contributed by atoms with E-state index in [1.54, 1.807) is 14.2 Å². The lowest BCUT2D eigenvalue weighted by Crippen LogP contribution is -2.48. The van der Waals surface area contributed by atoms with Crippen LogP contribution in [-0.4, -0.2) is 26.6 Å². The number of unbranched alkanes of at least 4 members (excludes halogenated alkanes) is 5. The zero-order chi connectivity index (χ0) is 18.0. The second kappa shape index (κ2) is 10.7. The number of methoxy groups -OCH3 is 2. The van der Waals surface area contributed by atoms with Crippen molar-refractivity contribution in [3.63, 3.8) is 0 Å². The smallest absolute Gasteiger partial charge is 0.170 e. The van der Waals surface area contributed by atoms with Gasteiger partial charge in [-0.25, -0.2) is 0 Å². The summed E-state index contributed by atoms with van der Waals surface area (Å²) in [5.74, 6) is -0.541. The quantitative estimate of drug-likeness (QED) is 0.337. The molecule has 1 unspecified atom stereocenters. The molecule has 3 heteroatoms. The summed E-state index contributed by atoms with van der Waals surface area (Å²) in [5.41, 5.74) is 6.09. The zero-order valence-electron chi connectivity index (χ0n) is 17.0. The predicted octanol–water partition coefficient (Wildman–Crippen LogP) is 5.52. The van der Waals surface area contributed by atoms with Crippen LogP contribution in [0.5, 0.6) is 0 Å². The Balaban J connectivity index is 4.74. The Morgan fingerprint density at radius 1 is 0.739 bits per heavy atom. The molecule has 23 heavy (non-hydrogen) atoms. The van der Waals surface area contributed by atoms with Crippen LogP contribution in [0.4, 0.5) is 0 Å². The molecule has 0 saturated heterocycles. The van der Waals surface area contributed by atoms with Crippen molar-refractivity contribution in [3.05, 3.63) is 0 Å². The first kappa shape index (κ1) is 22.9. The first-order valence-corrected chi connectivity index (χ1v) is 9.50. The van der Waals surface area contributed by atoms with Crippen LogP contribution in [0.2, 0.25) is 0 Å². The molecule has 3 nitrogen and oxygen atoms in total. The lowest BCUT2D eigenvalue weighted by molar-refractivity contribution is -0.265. The second-order valence-corrected chi connectivity index (χ2v) is 8.30. The fourth-order valence-electron chi connectivity index (χ4n) is 3.17. The van der Waals surface area contributed by atoms with Crippen molar-refractivity contribution in [2.75, 3.05) is 20.8 Å². The van der Waals surface area contributed by atoms with Crippen molar-refractivity contribution in [2.24, 2.45) is 16.6 Å². The van der Waals surface area contributed by atoms with Crippen LogP contribution in [-0.2, 0) is 9.47 Å². The van der Waals surface area contributed by atoms with Gasteiger partial charge in [0.05, 0.1) is 0 Å². The molecule has 0 rings (SSSR count). The van der Waals surface area contributed by atoms with Crippen LogP contribution in [0, 0.1) is 10.8 Å². The monoisotopic (exact) mass is 329 g/mol. The van der Waals surface area contributed by atoms with Gasteiger partial charge in [0.2, 0.25) is 0 Å². The predicted molar refractivity (Wildman–Crippen MR) is 101 cm³/mol. The molecule has 0 fully saturated rings. The Kier molecular flexibility index (Phi) is 10.6. The first-order valence-electron chi connectivity index (χ1n) is 9.50. The average molecular weight is 330 g/mol. The Hall–Kier alpha value is -0.120. The molecule has 0 bridgehead atoms. The molecule has 0 aromatic rings. The van der Waals surface area contributed by atoms with E-state index >= 15 is 0 Å². The maximum atomic E-state index is 5.92. The van der Waals surface area contributed by atoms with Crippen LogP contribution in [0.25, 0.3) is 0 Å². The van der Waals surface area contributed by atoms with Crippen LogP contribution in [0.1, 0.15) is 92.4 Å². The van der Waals surface area contributed by atoms with Crippen molar-refractivity contribution in [3.8, 4) is 0 Å². The van der Waals surface area contributed by atoms with Crippen molar-refractivity contribution < 1.29 is 9.47 Å². The summed E-state index contributed by atoms with van der Waals surface area (Å²) >= 11 is 0. The Bertz CT molecular complexity index is 300. The highest BCUT2D eigenvalue weighted by Gasteiger charge is 2.45. The molecule has 0 aliphatic heterocycles. The molecule has 0 aliphatic carbocycles. The molecule has 0 aromatic heterocycles. The number of hydrogen-bond donors (Lipinski definition) is 1. The van der Waals surface area contributed by atoms with E-state index in [4.69, 9.17) is 15.2 Å². The summed E-state index contributed by atoms with van der Waals surface area (Å²) in [7, 11) is 3.52. The largest absolute Gasteiger partial charge is 0.353 e. The van der Waals surface area contributed by atoms with Gasteiger partial charge in [0.1, 0.15) is 0 Å². The number of rotatable bonds is 14. The number of nitrogens with two attached hydrogens (primary N) is 1. The molecule has 0 heterocycles. The van der Waals surface area contributed by atoms with Crippen LogP contribution in [0.3, 0.4) is 0 Å². The SMILES string of the molecule is CCCCCCCCC(C)(CCC(C)(C)CN)C(C)(OC)OC. The molecule has 0 radical (unpaired) electrons. The van der Waals surface area contributed by atoms with Crippen molar-refractivity contribution in [2.45, 2.75) is 98.2 Å². The molecule has 0 spiro atoms. The van der Waals surface area contributed by atoms with Crippen molar-refractivity contribution in [1.29, 1.82) is 0 Å². The highest BCUT2D eigenvalue weighted by molar-refractivity contribution is 4.89. The molecular weight excluding hydrogens is 286 g/mol. The lowest BCUT2D eigenvalue weighted by Gasteiger charge is -2.46. The van der Waals surface area contributed by atoms with Crippen molar-refractivity contribution in [1.82, 2.24) is 0 Å². The van der Waals surface area contributed by atoms with Gasteiger partial charge in [-0.3, -0.25) is 0 Å². The molecule has 2 N–H and O–H groups in total. The maximum absolute atomic E-state index is 5.92. The van der Waals surface area contributed by atoms with E-state index in [1.807, 2.05) is 0 Å². The zero-order valence-corrected chi connectivity index (χ0v) is 17.0. The van der Waals surface area contributed by atoms with Crippen LogP contribution < -0.4 is 5.73 Å². The summed E-state index contributed by atoms with van der Waals surface area (Å²) in [6.07, 6.45) is 11.2. The fraction of sp³-hybridized carbons (Fsp3) is 1.00. The topological polar surface area (TPSA) is 44.5 Å². The van der Waals surface area contributed by atoms with Crippen LogP contribution >= 0.6 is 0 Å². The van der Waals surface area contributed by atoms with Gasteiger partial charge in [-0.1, -0.05) is 66.2 Å². The summed E-state index contributed by atoms with van der Waals surface area (Å²) in [4.78, 5) is 0. The molecule has 0 aliphatic rings. The standard InChI is InChI=1S/C20H43NO2/c1-8-9-10-11-12-13-14-19(4,20(5,22-6)23-7)16-15-18(2,3)17-21/h8-17,21H2,1-7H3. The van der Waals surface area contributed by atoms with Gasteiger partial charge in [-0.05, 0) is 38.1 Å². The van der Waals surface area contributed by atoms with Gasteiger partial charge in [0, 0.05) is 19.6 Å². The summed E-state index contributed by atoms with van der Waals surface area (Å²) in [6, 6.07) is 0. The van der Waals surface area contributed by atoms with E-state index in [1.165, 1.54) is 38.5 Å². The Morgan fingerprint density at radius 3 is 1.74 bits per heavy atom. The molecule has 1 atom stereocenters. The third-order valence-corrected chi connectivity index (χ3v) is 5.86.